The molecule has 2 nitrogen and oxygen atoms in total. The van der Waals surface area contributed by atoms with Crippen molar-refractivity contribution in [2.75, 3.05) is 6.54 Å². The summed E-state index contributed by atoms with van der Waals surface area (Å²) in [6, 6.07) is 5.25. The van der Waals surface area contributed by atoms with Crippen LogP contribution in [0.5, 0.6) is 0 Å². The molecule has 0 radical (unpaired) electrons. The molecule has 0 aliphatic heterocycles. The van der Waals surface area contributed by atoms with E-state index in [1.54, 1.807) is 12.1 Å². The lowest BCUT2D eigenvalue weighted by atomic mass is 10.1. The number of carbonyl (C=O) groups excluding carboxylic acids is 1. The van der Waals surface area contributed by atoms with Crippen molar-refractivity contribution in [3.63, 3.8) is 0 Å². The lowest BCUT2D eigenvalue weighted by molar-refractivity contribution is 0.0952. The summed E-state index contributed by atoms with van der Waals surface area (Å²) < 4.78 is 0.853. The van der Waals surface area contributed by atoms with Crippen LogP contribution in [0.4, 0.5) is 0 Å². The Hall–Kier alpha value is -0.540. The molecule has 88 valence electrons. The van der Waals surface area contributed by atoms with Gasteiger partial charge in [-0.05, 0) is 30.5 Å². The summed E-state index contributed by atoms with van der Waals surface area (Å²) in [4.78, 5) is 11.8. The Labute approximate surface area is 110 Å². The lowest BCUT2D eigenvalue weighted by Crippen LogP contribution is -2.25. The summed E-state index contributed by atoms with van der Waals surface area (Å²) in [5.74, 6) is 0.463. The predicted octanol–water partition coefficient (Wildman–Crippen LogP) is 3.88. The first-order valence-corrected chi connectivity index (χ1v) is 6.41. The molecule has 0 spiro atoms. The van der Waals surface area contributed by atoms with Gasteiger partial charge < -0.3 is 5.32 Å². The molecule has 0 atom stereocenters. The normalized spacial score (nSPS) is 10.6. The quantitative estimate of drug-likeness (QED) is 0.898. The first-order valence-electron chi connectivity index (χ1n) is 5.24. The molecule has 0 aliphatic rings. The molecule has 0 saturated heterocycles. The summed E-state index contributed by atoms with van der Waals surface area (Å²) in [6.45, 7) is 4.93. The third kappa shape index (κ3) is 4.14. The number of nitrogens with one attached hydrogen (secondary N) is 1. The van der Waals surface area contributed by atoms with Crippen molar-refractivity contribution >= 4 is 33.4 Å². The van der Waals surface area contributed by atoms with E-state index in [4.69, 9.17) is 11.6 Å². The van der Waals surface area contributed by atoms with Crippen LogP contribution < -0.4 is 5.32 Å². The van der Waals surface area contributed by atoms with E-state index < -0.39 is 0 Å². The molecular formula is C12H15BrClNO. The predicted molar refractivity (Wildman–Crippen MR) is 70.9 cm³/mol. The molecule has 1 aromatic carbocycles. The molecular weight excluding hydrogens is 289 g/mol. The van der Waals surface area contributed by atoms with Gasteiger partial charge in [0.2, 0.25) is 0 Å². The molecule has 1 N–H and O–H groups in total. The van der Waals surface area contributed by atoms with Crippen molar-refractivity contribution in [3.05, 3.63) is 33.3 Å². The largest absolute Gasteiger partial charge is 0.352 e. The molecule has 0 unspecified atom stereocenters. The number of hydrogen-bond acceptors (Lipinski definition) is 1. The highest BCUT2D eigenvalue weighted by Crippen LogP contribution is 2.20. The van der Waals surface area contributed by atoms with Gasteiger partial charge in [-0.2, -0.15) is 0 Å². The molecule has 0 heterocycles. The van der Waals surface area contributed by atoms with E-state index in [0.717, 1.165) is 10.9 Å². The molecule has 0 aromatic heterocycles. The van der Waals surface area contributed by atoms with E-state index >= 15 is 0 Å². The van der Waals surface area contributed by atoms with Crippen LogP contribution in [0.2, 0.25) is 5.02 Å². The van der Waals surface area contributed by atoms with Gasteiger partial charge in [-0.25, -0.2) is 0 Å². The Balaban J connectivity index is 2.62. The zero-order valence-corrected chi connectivity index (χ0v) is 11.7. The molecule has 1 rings (SSSR count). The third-order valence-corrected chi connectivity index (χ3v) is 3.00. The molecule has 0 fully saturated rings. The Kier molecular flexibility index (Phi) is 5.29. The SMILES string of the molecule is CC(C)CCNC(=O)c1cc(Br)ccc1Cl. The number of carbonyl (C=O) groups is 1. The van der Waals surface area contributed by atoms with E-state index in [2.05, 4.69) is 35.1 Å². The molecule has 1 amide bonds. The number of amides is 1. The molecule has 0 aliphatic carbocycles. The van der Waals surface area contributed by atoms with Crippen LogP contribution in [-0.4, -0.2) is 12.5 Å². The van der Waals surface area contributed by atoms with Gasteiger partial charge in [0, 0.05) is 11.0 Å². The topological polar surface area (TPSA) is 29.1 Å². The van der Waals surface area contributed by atoms with Crippen molar-refractivity contribution in [1.82, 2.24) is 5.32 Å². The van der Waals surface area contributed by atoms with Crippen LogP contribution in [-0.2, 0) is 0 Å². The zero-order chi connectivity index (χ0) is 12.1. The number of benzene rings is 1. The first kappa shape index (κ1) is 13.5. The van der Waals surface area contributed by atoms with E-state index in [1.165, 1.54) is 0 Å². The molecule has 0 bridgehead atoms. The Morgan fingerprint density at radius 1 is 1.50 bits per heavy atom. The third-order valence-electron chi connectivity index (χ3n) is 2.18. The van der Waals surface area contributed by atoms with Gasteiger partial charge >= 0.3 is 0 Å². The van der Waals surface area contributed by atoms with Crippen molar-refractivity contribution in [2.24, 2.45) is 5.92 Å². The molecule has 0 saturated carbocycles. The maximum absolute atomic E-state index is 11.8. The number of halogens is 2. The average Bonchev–Trinajstić information content (AvgIpc) is 2.21. The second kappa shape index (κ2) is 6.26. The van der Waals surface area contributed by atoms with E-state index in [-0.39, 0.29) is 5.91 Å². The minimum atomic E-state index is -0.119. The monoisotopic (exact) mass is 303 g/mol. The minimum absolute atomic E-state index is 0.119. The molecule has 16 heavy (non-hydrogen) atoms. The van der Waals surface area contributed by atoms with Crippen LogP contribution in [0.25, 0.3) is 0 Å². The standard InChI is InChI=1S/C12H15BrClNO/c1-8(2)5-6-15-12(16)10-7-9(13)3-4-11(10)14/h3-4,7-8H,5-6H2,1-2H3,(H,15,16). The van der Waals surface area contributed by atoms with E-state index in [1.807, 2.05) is 6.07 Å². The van der Waals surface area contributed by atoms with Crippen molar-refractivity contribution < 1.29 is 4.79 Å². The van der Waals surface area contributed by atoms with Crippen molar-refractivity contribution in [1.29, 1.82) is 0 Å². The Morgan fingerprint density at radius 3 is 2.81 bits per heavy atom. The highest BCUT2D eigenvalue weighted by molar-refractivity contribution is 9.10. The van der Waals surface area contributed by atoms with Gasteiger partial charge in [0.1, 0.15) is 0 Å². The van der Waals surface area contributed by atoms with Gasteiger partial charge in [-0.1, -0.05) is 41.4 Å². The molecule has 4 heteroatoms. The van der Waals surface area contributed by atoms with Gasteiger partial charge in [-0.3, -0.25) is 4.79 Å². The van der Waals surface area contributed by atoms with Crippen molar-refractivity contribution in [3.8, 4) is 0 Å². The van der Waals surface area contributed by atoms with Crippen LogP contribution in [0.15, 0.2) is 22.7 Å². The summed E-state index contributed by atoms with van der Waals surface area (Å²) in [5, 5.41) is 3.33. The Morgan fingerprint density at radius 2 is 2.19 bits per heavy atom. The van der Waals surface area contributed by atoms with Crippen molar-refractivity contribution in [2.45, 2.75) is 20.3 Å². The summed E-state index contributed by atoms with van der Waals surface area (Å²) in [6.07, 6.45) is 0.970. The maximum Gasteiger partial charge on any atom is 0.252 e. The van der Waals surface area contributed by atoms with Crippen LogP contribution >= 0.6 is 27.5 Å². The Bertz CT molecular complexity index is 379. The summed E-state index contributed by atoms with van der Waals surface area (Å²) >= 11 is 9.27. The van der Waals surface area contributed by atoms with E-state index in [9.17, 15) is 4.79 Å². The second-order valence-corrected chi connectivity index (χ2v) is 5.39. The average molecular weight is 305 g/mol. The van der Waals surface area contributed by atoms with Crippen LogP contribution in [0.1, 0.15) is 30.6 Å². The van der Waals surface area contributed by atoms with Gasteiger partial charge in [0.05, 0.1) is 10.6 Å². The highest BCUT2D eigenvalue weighted by Gasteiger charge is 2.10. The summed E-state index contributed by atoms with van der Waals surface area (Å²) in [5.41, 5.74) is 0.514. The fourth-order valence-electron chi connectivity index (χ4n) is 1.24. The van der Waals surface area contributed by atoms with Crippen LogP contribution in [0.3, 0.4) is 0 Å². The van der Waals surface area contributed by atoms with Gasteiger partial charge in [-0.15, -0.1) is 0 Å². The maximum atomic E-state index is 11.8. The van der Waals surface area contributed by atoms with Crippen LogP contribution in [0, 0.1) is 5.92 Å². The fraction of sp³-hybridized carbons (Fsp3) is 0.417. The minimum Gasteiger partial charge on any atom is -0.352 e. The lowest BCUT2D eigenvalue weighted by Gasteiger charge is -2.08. The second-order valence-electron chi connectivity index (χ2n) is 4.06. The highest BCUT2D eigenvalue weighted by atomic mass is 79.9. The molecule has 1 aromatic rings. The van der Waals surface area contributed by atoms with Gasteiger partial charge in [0.15, 0.2) is 0 Å². The van der Waals surface area contributed by atoms with Gasteiger partial charge in [0.25, 0.3) is 5.91 Å². The number of rotatable bonds is 4. The number of hydrogen-bond donors (Lipinski definition) is 1. The fourth-order valence-corrected chi connectivity index (χ4v) is 1.81. The smallest absolute Gasteiger partial charge is 0.252 e. The van der Waals surface area contributed by atoms with E-state index in [0.29, 0.717) is 23.0 Å². The zero-order valence-electron chi connectivity index (χ0n) is 9.39. The first-order chi connectivity index (χ1) is 7.50. The summed E-state index contributed by atoms with van der Waals surface area (Å²) in [7, 11) is 0.